The zero-order valence-electron chi connectivity index (χ0n) is 9.96. The maximum absolute atomic E-state index is 12.1. The van der Waals surface area contributed by atoms with E-state index >= 15 is 0 Å². The van der Waals surface area contributed by atoms with Crippen molar-refractivity contribution in [2.45, 2.75) is 32.4 Å². The Labute approximate surface area is 104 Å². The van der Waals surface area contributed by atoms with Crippen molar-refractivity contribution in [3.63, 3.8) is 0 Å². The van der Waals surface area contributed by atoms with Gasteiger partial charge in [0.05, 0.1) is 18.4 Å². The fourth-order valence-electron chi connectivity index (χ4n) is 2.96. The Hall–Kier alpha value is -1.62. The summed E-state index contributed by atoms with van der Waals surface area (Å²) < 4.78 is 5.32. The van der Waals surface area contributed by atoms with Crippen LogP contribution in [0.25, 0.3) is 0 Å². The fraction of sp³-hybridized carbons (Fsp3) is 0.538. The third-order valence-corrected chi connectivity index (χ3v) is 3.87. The van der Waals surface area contributed by atoms with Crippen LogP contribution in [-0.2, 0) is 22.7 Å². The van der Waals surface area contributed by atoms with Crippen molar-refractivity contribution >= 4 is 11.8 Å². The molecule has 5 nitrogen and oxygen atoms in total. The first kappa shape index (κ1) is 11.5. The van der Waals surface area contributed by atoms with Gasteiger partial charge in [0.15, 0.2) is 0 Å². The van der Waals surface area contributed by atoms with Gasteiger partial charge < -0.3 is 9.52 Å². The van der Waals surface area contributed by atoms with E-state index in [9.17, 15) is 9.59 Å². The summed E-state index contributed by atoms with van der Waals surface area (Å²) in [5.74, 6) is 0.647. The number of carbonyl (C=O) groups excluding carboxylic acids is 2. The van der Waals surface area contributed by atoms with Crippen LogP contribution in [0.1, 0.15) is 30.8 Å². The van der Waals surface area contributed by atoms with Crippen LogP contribution in [0, 0.1) is 11.8 Å². The highest BCUT2D eigenvalue weighted by Crippen LogP contribution is 2.40. The molecule has 2 heterocycles. The van der Waals surface area contributed by atoms with Crippen molar-refractivity contribution < 1.29 is 19.1 Å². The van der Waals surface area contributed by atoms with Crippen LogP contribution in [0.4, 0.5) is 0 Å². The normalized spacial score (nSPS) is 27.1. The van der Waals surface area contributed by atoms with Crippen molar-refractivity contribution in [2.24, 2.45) is 11.8 Å². The molecular formula is C13H15NO4. The van der Waals surface area contributed by atoms with Crippen LogP contribution in [-0.4, -0.2) is 21.8 Å². The van der Waals surface area contributed by atoms with Gasteiger partial charge in [0.25, 0.3) is 0 Å². The Morgan fingerprint density at radius 3 is 2.33 bits per heavy atom. The van der Waals surface area contributed by atoms with Crippen molar-refractivity contribution in [1.82, 2.24) is 4.90 Å². The number of aliphatic hydroxyl groups excluding tert-OH is 1. The van der Waals surface area contributed by atoms with Crippen LogP contribution < -0.4 is 0 Å². The molecule has 1 N–H and O–H groups in total. The third-order valence-electron chi connectivity index (χ3n) is 3.87. The summed E-state index contributed by atoms with van der Waals surface area (Å²) in [7, 11) is 0. The first-order chi connectivity index (χ1) is 8.70. The summed E-state index contributed by atoms with van der Waals surface area (Å²) in [6, 6.07) is 3.35. The first-order valence-corrected chi connectivity index (χ1v) is 6.24. The van der Waals surface area contributed by atoms with Crippen molar-refractivity contribution in [3.8, 4) is 0 Å². The molecule has 0 bridgehead atoms. The highest BCUT2D eigenvalue weighted by atomic mass is 16.4. The minimum absolute atomic E-state index is 0.0653. The molecule has 0 spiro atoms. The molecule has 1 saturated carbocycles. The maximum Gasteiger partial charge on any atom is 0.233 e. The molecule has 1 aliphatic carbocycles. The zero-order chi connectivity index (χ0) is 12.7. The highest BCUT2D eigenvalue weighted by molar-refractivity contribution is 6.05. The number of hydrogen-bond acceptors (Lipinski definition) is 4. The SMILES string of the molecule is O=C1C2CCCC2C(=O)N1Cc1ccc(CO)o1. The average molecular weight is 249 g/mol. The van der Waals surface area contributed by atoms with Crippen molar-refractivity contribution in [3.05, 3.63) is 23.7 Å². The van der Waals surface area contributed by atoms with Gasteiger partial charge >= 0.3 is 0 Å². The van der Waals surface area contributed by atoms with E-state index in [4.69, 9.17) is 9.52 Å². The monoisotopic (exact) mass is 249 g/mol. The average Bonchev–Trinajstić information content (AvgIpc) is 3.06. The van der Waals surface area contributed by atoms with Gasteiger partial charge in [-0.05, 0) is 25.0 Å². The Kier molecular flexibility index (Phi) is 2.70. The molecule has 2 atom stereocenters. The number of carbonyl (C=O) groups is 2. The van der Waals surface area contributed by atoms with Gasteiger partial charge in [-0.1, -0.05) is 6.42 Å². The largest absolute Gasteiger partial charge is 0.462 e. The maximum atomic E-state index is 12.1. The van der Waals surface area contributed by atoms with Gasteiger partial charge in [-0.25, -0.2) is 0 Å². The number of rotatable bonds is 3. The minimum Gasteiger partial charge on any atom is -0.462 e. The van der Waals surface area contributed by atoms with E-state index in [0.29, 0.717) is 11.5 Å². The van der Waals surface area contributed by atoms with E-state index in [2.05, 4.69) is 0 Å². The Bertz CT molecular complexity index is 471. The summed E-state index contributed by atoms with van der Waals surface area (Å²) in [5.41, 5.74) is 0. The number of imide groups is 1. The molecule has 2 aliphatic rings. The van der Waals surface area contributed by atoms with Crippen molar-refractivity contribution in [1.29, 1.82) is 0 Å². The number of likely N-dealkylation sites (tertiary alicyclic amines) is 1. The van der Waals surface area contributed by atoms with Gasteiger partial charge in [-0.2, -0.15) is 0 Å². The van der Waals surface area contributed by atoms with E-state index in [1.807, 2.05) is 0 Å². The molecule has 1 aliphatic heterocycles. The van der Waals surface area contributed by atoms with Crippen LogP contribution >= 0.6 is 0 Å². The fourth-order valence-corrected chi connectivity index (χ4v) is 2.96. The van der Waals surface area contributed by atoms with Crippen LogP contribution in [0.2, 0.25) is 0 Å². The number of aliphatic hydroxyl groups is 1. The van der Waals surface area contributed by atoms with Crippen LogP contribution in [0.15, 0.2) is 16.5 Å². The molecule has 3 rings (SSSR count). The second-order valence-corrected chi connectivity index (χ2v) is 4.93. The number of hydrogen-bond donors (Lipinski definition) is 1. The molecule has 1 saturated heterocycles. The molecule has 0 radical (unpaired) electrons. The van der Waals surface area contributed by atoms with Crippen LogP contribution in [0.5, 0.6) is 0 Å². The zero-order valence-corrected chi connectivity index (χ0v) is 9.96. The topological polar surface area (TPSA) is 70.8 Å². The standard InChI is InChI=1S/C13H15NO4/c15-7-9-5-4-8(18-9)6-14-12(16)10-2-1-3-11(10)13(14)17/h4-5,10-11,15H,1-3,6-7H2. The summed E-state index contributed by atoms with van der Waals surface area (Å²) in [6.45, 7) is 0.0117. The van der Waals surface area contributed by atoms with Gasteiger partial charge in [-0.3, -0.25) is 14.5 Å². The van der Waals surface area contributed by atoms with Gasteiger partial charge in [0.2, 0.25) is 11.8 Å². The molecule has 2 unspecified atom stereocenters. The van der Waals surface area contributed by atoms with Crippen molar-refractivity contribution in [2.75, 3.05) is 0 Å². The first-order valence-electron chi connectivity index (χ1n) is 6.24. The summed E-state index contributed by atoms with van der Waals surface area (Å²) in [4.78, 5) is 25.5. The number of furan rings is 1. The Morgan fingerprint density at radius 1 is 1.17 bits per heavy atom. The molecule has 0 aromatic carbocycles. The number of nitrogens with zero attached hydrogens (tertiary/aromatic N) is 1. The smallest absolute Gasteiger partial charge is 0.233 e. The molecule has 2 amide bonds. The summed E-state index contributed by atoms with van der Waals surface area (Å²) >= 11 is 0. The lowest BCUT2D eigenvalue weighted by Crippen LogP contribution is -2.31. The predicted molar refractivity (Wildman–Crippen MR) is 61.0 cm³/mol. The van der Waals surface area contributed by atoms with E-state index in [1.54, 1.807) is 12.1 Å². The second-order valence-electron chi connectivity index (χ2n) is 4.93. The molecule has 2 fully saturated rings. The molecule has 96 valence electrons. The Morgan fingerprint density at radius 2 is 1.78 bits per heavy atom. The lowest BCUT2D eigenvalue weighted by molar-refractivity contribution is -0.141. The summed E-state index contributed by atoms with van der Waals surface area (Å²) in [6.07, 6.45) is 2.62. The van der Waals surface area contributed by atoms with Crippen LogP contribution in [0.3, 0.4) is 0 Å². The lowest BCUT2D eigenvalue weighted by Gasteiger charge is -2.13. The van der Waals surface area contributed by atoms with E-state index in [-0.39, 0.29) is 36.8 Å². The molecular weight excluding hydrogens is 234 g/mol. The third kappa shape index (κ3) is 1.66. The summed E-state index contributed by atoms with van der Waals surface area (Å²) in [5, 5.41) is 8.91. The Balaban J connectivity index is 1.77. The quantitative estimate of drug-likeness (QED) is 0.813. The molecule has 5 heteroatoms. The highest BCUT2D eigenvalue weighted by Gasteiger charge is 2.49. The molecule has 1 aromatic heterocycles. The van der Waals surface area contributed by atoms with Gasteiger partial charge in [0.1, 0.15) is 18.1 Å². The lowest BCUT2D eigenvalue weighted by atomic mass is 10.00. The van der Waals surface area contributed by atoms with Gasteiger partial charge in [-0.15, -0.1) is 0 Å². The van der Waals surface area contributed by atoms with Gasteiger partial charge in [0, 0.05) is 0 Å². The minimum atomic E-state index is -0.173. The second kappa shape index (κ2) is 4.24. The molecule has 1 aromatic rings. The number of amides is 2. The van der Waals surface area contributed by atoms with E-state index in [0.717, 1.165) is 19.3 Å². The molecule has 18 heavy (non-hydrogen) atoms. The van der Waals surface area contributed by atoms with E-state index < -0.39 is 0 Å². The van der Waals surface area contributed by atoms with E-state index in [1.165, 1.54) is 4.90 Å². The number of fused-ring (bicyclic) bond motifs is 1. The predicted octanol–water partition coefficient (Wildman–Crippen LogP) is 1.06.